The van der Waals surface area contributed by atoms with E-state index >= 15 is 0 Å². The van der Waals surface area contributed by atoms with Gasteiger partial charge in [-0.2, -0.15) is 0 Å². The second-order valence-electron chi connectivity index (χ2n) is 4.85. The van der Waals surface area contributed by atoms with Crippen molar-refractivity contribution in [3.05, 3.63) is 59.7 Å². The molecule has 0 saturated heterocycles. The van der Waals surface area contributed by atoms with Crippen LogP contribution in [0, 0.1) is 0 Å². The number of nitrogens with two attached hydrogens (primary N) is 1. The van der Waals surface area contributed by atoms with Crippen LogP contribution in [-0.4, -0.2) is 22.2 Å². The number of aliphatic carboxylic acids is 1. The number of carbonyl (C=O) groups is 1. The van der Waals surface area contributed by atoms with Gasteiger partial charge in [0.15, 0.2) is 0 Å². The summed E-state index contributed by atoms with van der Waals surface area (Å²) < 4.78 is 0. The lowest BCUT2D eigenvalue weighted by atomic mass is 10.0. The molecule has 5 N–H and O–H groups in total. The van der Waals surface area contributed by atoms with Gasteiger partial charge in [-0.15, -0.1) is 0 Å². The zero-order valence-electron chi connectivity index (χ0n) is 11.5. The Hall–Kier alpha value is -2.53. The van der Waals surface area contributed by atoms with Crippen LogP contribution in [0.2, 0.25) is 0 Å². The van der Waals surface area contributed by atoms with E-state index < -0.39 is 12.0 Å². The van der Waals surface area contributed by atoms with Crippen molar-refractivity contribution >= 4 is 11.7 Å². The molecule has 0 fully saturated rings. The average molecular weight is 286 g/mol. The first-order valence-corrected chi connectivity index (χ1v) is 6.63. The number of hydrogen-bond donors (Lipinski definition) is 4. The third kappa shape index (κ3) is 4.22. The van der Waals surface area contributed by atoms with Crippen LogP contribution >= 0.6 is 0 Å². The van der Waals surface area contributed by atoms with Crippen molar-refractivity contribution in [3.8, 4) is 5.75 Å². The van der Waals surface area contributed by atoms with E-state index in [0.29, 0.717) is 13.0 Å². The van der Waals surface area contributed by atoms with Gasteiger partial charge in [-0.05, 0) is 29.7 Å². The highest BCUT2D eigenvalue weighted by Gasteiger charge is 2.17. The Kier molecular flexibility index (Phi) is 4.79. The molecule has 0 saturated carbocycles. The Morgan fingerprint density at radius 2 is 1.86 bits per heavy atom. The largest absolute Gasteiger partial charge is 0.506 e. The van der Waals surface area contributed by atoms with Gasteiger partial charge in [0, 0.05) is 6.54 Å². The first-order chi connectivity index (χ1) is 10.1. The van der Waals surface area contributed by atoms with Gasteiger partial charge in [0.1, 0.15) is 11.8 Å². The molecule has 21 heavy (non-hydrogen) atoms. The number of aromatic hydroxyl groups is 1. The lowest BCUT2D eigenvalue weighted by Crippen LogP contribution is -2.38. The Balaban J connectivity index is 2.02. The smallest absolute Gasteiger partial charge is 0.321 e. The second-order valence-corrected chi connectivity index (χ2v) is 4.85. The summed E-state index contributed by atoms with van der Waals surface area (Å²) in [6.45, 7) is 0.478. The SMILES string of the molecule is Nc1cc(CC(NCc2ccccc2)C(=O)O)ccc1O. The maximum atomic E-state index is 11.3. The van der Waals surface area contributed by atoms with Crippen LogP contribution in [0.15, 0.2) is 48.5 Å². The minimum absolute atomic E-state index is 0.00266. The van der Waals surface area contributed by atoms with E-state index in [-0.39, 0.29) is 11.4 Å². The predicted octanol–water partition coefficient (Wildman–Crippen LogP) is 1.76. The zero-order chi connectivity index (χ0) is 15.2. The monoisotopic (exact) mass is 286 g/mol. The molecule has 0 bridgehead atoms. The van der Waals surface area contributed by atoms with Crippen LogP contribution in [0.4, 0.5) is 5.69 Å². The Labute approximate surface area is 123 Å². The first-order valence-electron chi connectivity index (χ1n) is 6.63. The molecule has 2 aromatic rings. The molecule has 1 atom stereocenters. The van der Waals surface area contributed by atoms with Crippen LogP contribution in [0.5, 0.6) is 5.75 Å². The van der Waals surface area contributed by atoms with Gasteiger partial charge in [0.05, 0.1) is 5.69 Å². The third-order valence-corrected chi connectivity index (χ3v) is 3.23. The van der Waals surface area contributed by atoms with Crippen LogP contribution < -0.4 is 11.1 Å². The molecule has 0 aliphatic carbocycles. The summed E-state index contributed by atoms with van der Waals surface area (Å²) in [5.41, 5.74) is 7.65. The quantitative estimate of drug-likeness (QED) is 0.479. The molecule has 0 aliphatic heterocycles. The van der Waals surface area contributed by atoms with Crippen molar-refractivity contribution in [2.75, 3.05) is 5.73 Å². The van der Waals surface area contributed by atoms with E-state index in [4.69, 9.17) is 5.73 Å². The number of nitrogen functional groups attached to an aromatic ring is 1. The zero-order valence-corrected chi connectivity index (χ0v) is 11.5. The number of anilines is 1. The molecule has 110 valence electrons. The Bertz CT molecular complexity index is 614. The number of carboxylic acid groups (broad SMARTS) is 1. The van der Waals surface area contributed by atoms with Crippen molar-refractivity contribution in [3.63, 3.8) is 0 Å². The van der Waals surface area contributed by atoms with Gasteiger partial charge < -0.3 is 21.3 Å². The van der Waals surface area contributed by atoms with Gasteiger partial charge >= 0.3 is 5.97 Å². The van der Waals surface area contributed by atoms with Gasteiger partial charge in [-0.1, -0.05) is 36.4 Å². The van der Waals surface area contributed by atoms with Gasteiger partial charge in [-0.3, -0.25) is 4.79 Å². The molecular weight excluding hydrogens is 268 g/mol. The first kappa shape index (κ1) is 14.9. The fourth-order valence-electron chi connectivity index (χ4n) is 2.05. The molecule has 1 unspecified atom stereocenters. The number of hydrogen-bond acceptors (Lipinski definition) is 4. The highest BCUT2D eigenvalue weighted by molar-refractivity contribution is 5.74. The molecule has 0 amide bonds. The van der Waals surface area contributed by atoms with Crippen molar-refractivity contribution in [1.82, 2.24) is 5.32 Å². The molecule has 5 nitrogen and oxygen atoms in total. The maximum absolute atomic E-state index is 11.3. The summed E-state index contributed by atoms with van der Waals surface area (Å²) in [7, 11) is 0. The van der Waals surface area contributed by atoms with E-state index in [2.05, 4.69) is 5.32 Å². The fourth-order valence-corrected chi connectivity index (χ4v) is 2.05. The Morgan fingerprint density at radius 1 is 1.14 bits per heavy atom. The summed E-state index contributed by atoms with van der Waals surface area (Å²) in [6, 6.07) is 13.6. The van der Waals surface area contributed by atoms with Crippen LogP contribution in [-0.2, 0) is 17.8 Å². The van der Waals surface area contributed by atoms with Crippen molar-refractivity contribution in [2.45, 2.75) is 19.0 Å². The molecule has 5 heteroatoms. The topological polar surface area (TPSA) is 95.6 Å². The summed E-state index contributed by atoms with van der Waals surface area (Å²) >= 11 is 0. The molecular formula is C16H18N2O3. The van der Waals surface area contributed by atoms with Crippen molar-refractivity contribution < 1.29 is 15.0 Å². The second kappa shape index (κ2) is 6.76. The molecule has 2 aromatic carbocycles. The van der Waals surface area contributed by atoms with E-state index in [1.165, 1.54) is 6.07 Å². The van der Waals surface area contributed by atoms with Gasteiger partial charge in [-0.25, -0.2) is 0 Å². The number of nitrogens with one attached hydrogen (secondary N) is 1. The molecule has 0 radical (unpaired) electrons. The number of rotatable bonds is 6. The number of benzene rings is 2. The van der Waals surface area contributed by atoms with E-state index in [0.717, 1.165) is 11.1 Å². The van der Waals surface area contributed by atoms with Crippen LogP contribution in [0.3, 0.4) is 0 Å². The minimum Gasteiger partial charge on any atom is -0.506 e. The van der Waals surface area contributed by atoms with E-state index in [1.54, 1.807) is 12.1 Å². The highest BCUT2D eigenvalue weighted by Crippen LogP contribution is 2.21. The number of phenolic OH excluding ortho intramolecular Hbond substituents is 1. The standard InChI is InChI=1S/C16H18N2O3/c17-13-8-12(6-7-15(13)19)9-14(16(20)21)18-10-11-4-2-1-3-5-11/h1-8,14,18-19H,9-10,17H2,(H,20,21). The van der Waals surface area contributed by atoms with Crippen LogP contribution in [0.25, 0.3) is 0 Å². The summed E-state index contributed by atoms with van der Waals surface area (Å²) in [4.78, 5) is 11.3. The lowest BCUT2D eigenvalue weighted by Gasteiger charge is -2.15. The summed E-state index contributed by atoms with van der Waals surface area (Å²) in [5.74, 6) is -0.916. The predicted molar refractivity (Wildman–Crippen MR) is 80.9 cm³/mol. The van der Waals surface area contributed by atoms with E-state index in [9.17, 15) is 15.0 Å². The summed E-state index contributed by atoms with van der Waals surface area (Å²) in [6.07, 6.45) is 0.298. The van der Waals surface area contributed by atoms with E-state index in [1.807, 2.05) is 30.3 Å². The highest BCUT2D eigenvalue weighted by atomic mass is 16.4. The van der Waals surface area contributed by atoms with Crippen LogP contribution in [0.1, 0.15) is 11.1 Å². The number of phenols is 1. The van der Waals surface area contributed by atoms with Gasteiger partial charge in [0.2, 0.25) is 0 Å². The molecule has 0 heterocycles. The molecule has 0 spiro atoms. The minimum atomic E-state index is -0.919. The van der Waals surface area contributed by atoms with Crippen molar-refractivity contribution in [1.29, 1.82) is 0 Å². The molecule has 0 aliphatic rings. The molecule has 0 aromatic heterocycles. The average Bonchev–Trinajstić information content (AvgIpc) is 2.48. The molecule has 2 rings (SSSR count). The van der Waals surface area contributed by atoms with Gasteiger partial charge in [0.25, 0.3) is 0 Å². The Morgan fingerprint density at radius 3 is 2.48 bits per heavy atom. The maximum Gasteiger partial charge on any atom is 0.321 e. The number of carboxylic acids is 1. The summed E-state index contributed by atoms with van der Waals surface area (Å²) in [5, 5.41) is 21.7. The lowest BCUT2D eigenvalue weighted by molar-refractivity contribution is -0.139. The normalized spacial score (nSPS) is 12.0. The fraction of sp³-hybridized carbons (Fsp3) is 0.188. The van der Waals surface area contributed by atoms with Crippen molar-refractivity contribution in [2.24, 2.45) is 0 Å². The third-order valence-electron chi connectivity index (χ3n) is 3.23.